The van der Waals surface area contributed by atoms with Crippen molar-refractivity contribution in [2.24, 2.45) is 0 Å². The first-order chi connectivity index (χ1) is 12.9. The Bertz CT molecular complexity index is 969. The summed E-state index contributed by atoms with van der Waals surface area (Å²) in [6, 6.07) is 11.3. The SMILES string of the molecule is COc1cc(C=C2C(=O)NC(=S)NC2=O)cc(I)c1Cc1ccccc1Cl. The average Bonchev–Trinajstić information content (AvgIpc) is 2.61. The van der Waals surface area contributed by atoms with Crippen LogP contribution in [0.4, 0.5) is 0 Å². The molecule has 0 spiro atoms. The van der Waals surface area contributed by atoms with Gasteiger partial charge in [-0.2, -0.15) is 0 Å². The Labute approximate surface area is 180 Å². The second-order valence-corrected chi connectivity index (χ2v) is 7.72. The van der Waals surface area contributed by atoms with E-state index < -0.39 is 11.8 Å². The minimum Gasteiger partial charge on any atom is -0.496 e. The zero-order chi connectivity index (χ0) is 19.6. The van der Waals surface area contributed by atoms with Crippen molar-refractivity contribution in [1.29, 1.82) is 0 Å². The van der Waals surface area contributed by atoms with Crippen LogP contribution in [-0.2, 0) is 16.0 Å². The lowest BCUT2D eigenvalue weighted by atomic mass is 10.0. The molecule has 27 heavy (non-hydrogen) atoms. The lowest BCUT2D eigenvalue weighted by Crippen LogP contribution is -2.51. The number of hydrogen-bond donors (Lipinski definition) is 2. The number of halogens is 2. The van der Waals surface area contributed by atoms with Gasteiger partial charge in [-0.15, -0.1) is 0 Å². The fourth-order valence-corrected chi connectivity index (χ4v) is 3.88. The van der Waals surface area contributed by atoms with Crippen molar-refractivity contribution in [2.75, 3.05) is 7.11 Å². The third kappa shape index (κ3) is 4.48. The van der Waals surface area contributed by atoms with Gasteiger partial charge in [-0.05, 0) is 70.2 Å². The van der Waals surface area contributed by atoms with Crippen molar-refractivity contribution < 1.29 is 14.3 Å². The molecule has 138 valence electrons. The first kappa shape index (κ1) is 19.8. The van der Waals surface area contributed by atoms with E-state index in [4.69, 9.17) is 28.6 Å². The summed E-state index contributed by atoms with van der Waals surface area (Å²) in [6.07, 6.45) is 2.11. The monoisotopic (exact) mass is 512 g/mol. The molecule has 1 fully saturated rings. The summed E-state index contributed by atoms with van der Waals surface area (Å²) in [5.74, 6) is -0.406. The van der Waals surface area contributed by atoms with E-state index in [1.807, 2.05) is 30.3 Å². The molecule has 1 aliphatic rings. The Morgan fingerprint density at radius 2 is 1.85 bits per heavy atom. The lowest BCUT2D eigenvalue weighted by molar-refractivity contribution is -0.123. The van der Waals surface area contributed by atoms with Crippen LogP contribution in [0.15, 0.2) is 42.0 Å². The Kier molecular flexibility index (Phi) is 6.13. The molecule has 0 bridgehead atoms. The molecule has 1 saturated heterocycles. The van der Waals surface area contributed by atoms with E-state index in [0.29, 0.717) is 22.8 Å². The predicted molar refractivity (Wildman–Crippen MR) is 117 cm³/mol. The van der Waals surface area contributed by atoms with Gasteiger partial charge < -0.3 is 4.74 Å². The van der Waals surface area contributed by atoms with E-state index in [0.717, 1.165) is 14.7 Å². The number of methoxy groups -OCH3 is 1. The van der Waals surface area contributed by atoms with Crippen LogP contribution in [0.1, 0.15) is 16.7 Å². The predicted octanol–water partition coefficient (Wildman–Crippen LogP) is 3.46. The molecule has 2 aromatic carbocycles. The molecular formula is C19H14ClIN2O3S. The van der Waals surface area contributed by atoms with Gasteiger partial charge in [-0.3, -0.25) is 20.2 Å². The molecule has 2 amide bonds. The first-order valence-corrected chi connectivity index (χ1v) is 9.73. The van der Waals surface area contributed by atoms with Gasteiger partial charge in [0.1, 0.15) is 11.3 Å². The van der Waals surface area contributed by atoms with Crippen LogP contribution >= 0.6 is 46.4 Å². The molecule has 1 aliphatic heterocycles. The fourth-order valence-electron chi connectivity index (χ4n) is 2.67. The highest BCUT2D eigenvalue weighted by Gasteiger charge is 2.26. The molecule has 0 atom stereocenters. The number of hydrogen-bond acceptors (Lipinski definition) is 4. The van der Waals surface area contributed by atoms with Crippen molar-refractivity contribution in [3.05, 3.63) is 67.3 Å². The van der Waals surface area contributed by atoms with Gasteiger partial charge in [-0.1, -0.05) is 29.8 Å². The molecule has 8 heteroatoms. The minimum atomic E-state index is -0.530. The summed E-state index contributed by atoms with van der Waals surface area (Å²) in [4.78, 5) is 24.1. The second-order valence-electron chi connectivity index (χ2n) is 5.75. The molecule has 2 aromatic rings. The van der Waals surface area contributed by atoms with E-state index in [1.165, 1.54) is 6.08 Å². The number of carbonyl (C=O) groups is 2. The molecule has 0 aliphatic carbocycles. The van der Waals surface area contributed by atoms with Crippen LogP contribution in [0.2, 0.25) is 5.02 Å². The molecule has 0 unspecified atom stereocenters. The van der Waals surface area contributed by atoms with Crippen molar-refractivity contribution in [2.45, 2.75) is 6.42 Å². The standard InChI is InChI=1S/C19H14ClIN2O3S/c1-26-16-8-10(6-13-17(24)22-19(27)23-18(13)25)7-15(21)12(16)9-11-4-2-3-5-14(11)20/h2-8H,9H2,1H3,(H2,22,23,24,25,27). The molecular weight excluding hydrogens is 499 g/mol. The number of benzene rings is 2. The van der Waals surface area contributed by atoms with E-state index in [-0.39, 0.29) is 10.7 Å². The average molecular weight is 513 g/mol. The largest absolute Gasteiger partial charge is 0.496 e. The van der Waals surface area contributed by atoms with Gasteiger partial charge in [-0.25, -0.2) is 0 Å². The molecule has 0 aromatic heterocycles. The van der Waals surface area contributed by atoms with Crippen LogP contribution in [-0.4, -0.2) is 24.0 Å². The molecule has 0 saturated carbocycles. The summed E-state index contributed by atoms with van der Waals surface area (Å²) < 4.78 is 6.48. The van der Waals surface area contributed by atoms with Crippen molar-refractivity contribution in [1.82, 2.24) is 10.6 Å². The van der Waals surface area contributed by atoms with Crippen LogP contribution in [0.5, 0.6) is 5.75 Å². The zero-order valence-electron chi connectivity index (χ0n) is 14.1. The number of thiocarbonyl (C=S) groups is 1. The van der Waals surface area contributed by atoms with Gasteiger partial charge in [0.05, 0.1) is 7.11 Å². The van der Waals surface area contributed by atoms with Gasteiger partial charge in [0.25, 0.3) is 11.8 Å². The van der Waals surface area contributed by atoms with E-state index in [1.54, 1.807) is 13.2 Å². The second kappa shape index (κ2) is 8.37. The smallest absolute Gasteiger partial charge is 0.263 e. The van der Waals surface area contributed by atoms with Crippen molar-refractivity contribution in [3.8, 4) is 5.75 Å². The van der Waals surface area contributed by atoms with E-state index in [9.17, 15) is 9.59 Å². The topological polar surface area (TPSA) is 67.4 Å². The van der Waals surface area contributed by atoms with Crippen LogP contribution in [0.25, 0.3) is 6.08 Å². The highest BCUT2D eigenvalue weighted by molar-refractivity contribution is 14.1. The Hall–Kier alpha value is -1.97. The number of ether oxygens (including phenoxy) is 1. The summed E-state index contributed by atoms with van der Waals surface area (Å²) in [6.45, 7) is 0. The van der Waals surface area contributed by atoms with Crippen molar-refractivity contribution in [3.63, 3.8) is 0 Å². The number of amides is 2. The Morgan fingerprint density at radius 3 is 2.48 bits per heavy atom. The van der Waals surface area contributed by atoms with Crippen LogP contribution in [0.3, 0.4) is 0 Å². The fraction of sp³-hybridized carbons (Fsp3) is 0.105. The van der Waals surface area contributed by atoms with Gasteiger partial charge in [0.15, 0.2) is 5.11 Å². The van der Waals surface area contributed by atoms with E-state index >= 15 is 0 Å². The highest BCUT2D eigenvalue weighted by atomic mass is 127. The highest BCUT2D eigenvalue weighted by Crippen LogP contribution is 2.31. The van der Waals surface area contributed by atoms with Gasteiger partial charge in [0, 0.05) is 20.6 Å². The molecule has 5 nitrogen and oxygen atoms in total. The maximum Gasteiger partial charge on any atom is 0.263 e. The van der Waals surface area contributed by atoms with E-state index in [2.05, 4.69) is 33.2 Å². The Morgan fingerprint density at radius 1 is 1.19 bits per heavy atom. The summed E-state index contributed by atoms with van der Waals surface area (Å²) in [5, 5.41) is 5.53. The van der Waals surface area contributed by atoms with Crippen molar-refractivity contribution >= 4 is 69.4 Å². The lowest BCUT2D eigenvalue weighted by Gasteiger charge is -2.17. The Balaban J connectivity index is 1.98. The van der Waals surface area contributed by atoms with Gasteiger partial charge in [0.2, 0.25) is 0 Å². The summed E-state index contributed by atoms with van der Waals surface area (Å²) in [7, 11) is 1.58. The van der Waals surface area contributed by atoms with Crippen LogP contribution in [0, 0.1) is 3.57 Å². The number of carbonyl (C=O) groups excluding carboxylic acids is 2. The normalized spacial score (nSPS) is 13.9. The summed E-state index contributed by atoms with van der Waals surface area (Å²) in [5.41, 5.74) is 2.63. The maximum atomic E-state index is 12.0. The molecule has 3 rings (SSSR count). The summed E-state index contributed by atoms with van der Waals surface area (Å²) >= 11 is 13.3. The molecule has 2 N–H and O–H groups in total. The molecule has 1 heterocycles. The van der Waals surface area contributed by atoms with Crippen LogP contribution < -0.4 is 15.4 Å². The first-order valence-electron chi connectivity index (χ1n) is 7.87. The number of nitrogens with one attached hydrogen (secondary N) is 2. The minimum absolute atomic E-state index is 0.00407. The third-order valence-electron chi connectivity index (χ3n) is 3.98. The van der Waals surface area contributed by atoms with Gasteiger partial charge >= 0.3 is 0 Å². The molecule has 0 radical (unpaired) electrons. The zero-order valence-corrected chi connectivity index (χ0v) is 17.9. The quantitative estimate of drug-likeness (QED) is 0.285. The number of rotatable bonds is 4. The third-order valence-corrected chi connectivity index (χ3v) is 5.51. The maximum absolute atomic E-state index is 12.0.